The van der Waals surface area contributed by atoms with Gasteiger partial charge < -0.3 is 9.47 Å². The first-order valence-electron chi connectivity index (χ1n) is 7.19. The SMILES string of the molecule is COc1cc(C=O)ccc1Oc1nc2ccccc2n2cnnc12. The van der Waals surface area contributed by atoms with Gasteiger partial charge in [0, 0.05) is 5.56 Å². The van der Waals surface area contributed by atoms with Crippen molar-refractivity contribution >= 4 is 23.0 Å². The molecule has 0 atom stereocenters. The monoisotopic (exact) mass is 320 g/mol. The molecule has 0 fully saturated rings. The Labute approximate surface area is 136 Å². The molecule has 7 nitrogen and oxygen atoms in total. The molecule has 118 valence electrons. The fourth-order valence-corrected chi connectivity index (χ4v) is 2.49. The summed E-state index contributed by atoms with van der Waals surface area (Å²) in [6.07, 6.45) is 2.36. The summed E-state index contributed by atoms with van der Waals surface area (Å²) < 4.78 is 13.0. The molecular weight excluding hydrogens is 308 g/mol. The minimum atomic E-state index is 0.309. The highest BCUT2D eigenvalue weighted by atomic mass is 16.5. The Hall–Kier alpha value is -3.48. The number of rotatable bonds is 4. The van der Waals surface area contributed by atoms with E-state index in [1.54, 1.807) is 24.5 Å². The van der Waals surface area contributed by atoms with Crippen molar-refractivity contribution in [3.8, 4) is 17.4 Å². The van der Waals surface area contributed by atoms with E-state index in [0.29, 0.717) is 28.6 Å². The Morgan fingerprint density at radius 3 is 2.83 bits per heavy atom. The molecule has 7 heteroatoms. The number of fused-ring (bicyclic) bond motifs is 3. The lowest BCUT2D eigenvalue weighted by Gasteiger charge is -2.11. The predicted octanol–water partition coefficient (Wildman–Crippen LogP) is 2.89. The minimum Gasteiger partial charge on any atom is -0.493 e. The van der Waals surface area contributed by atoms with Gasteiger partial charge >= 0.3 is 0 Å². The van der Waals surface area contributed by atoms with Crippen molar-refractivity contribution in [2.24, 2.45) is 0 Å². The second-order valence-electron chi connectivity index (χ2n) is 5.06. The van der Waals surface area contributed by atoms with Crippen LogP contribution in [-0.4, -0.2) is 33.0 Å². The summed E-state index contributed by atoms with van der Waals surface area (Å²) in [6.45, 7) is 0. The van der Waals surface area contributed by atoms with Crippen LogP contribution in [0.4, 0.5) is 0 Å². The predicted molar refractivity (Wildman–Crippen MR) is 86.7 cm³/mol. The van der Waals surface area contributed by atoms with Crippen molar-refractivity contribution in [3.05, 3.63) is 54.4 Å². The molecule has 2 aromatic carbocycles. The van der Waals surface area contributed by atoms with Crippen LogP contribution in [0.1, 0.15) is 10.4 Å². The first kappa shape index (κ1) is 14.1. The molecule has 0 saturated heterocycles. The summed E-state index contributed by atoms with van der Waals surface area (Å²) >= 11 is 0. The van der Waals surface area contributed by atoms with Crippen molar-refractivity contribution < 1.29 is 14.3 Å². The van der Waals surface area contributed by atoms with Gasteiger partial charge in [0.25, 0.3) is 5.88 Å². The number of carbonyl (C=O) groups excluding carboxylic acids is 1. The van der Waals surface area contributed by atoms with Crippen molar-refractivity contribution in [2.45, 2.75) is 0 Å². The highest BCUT2D eigenvalue weighted by Gasteiger charge is 2.14. The molecule has 2 heterocycles. The van der Waals surface area contributed by atoms with Crippen LogP contribution in [0.25, 0.3) is 16.7 Å². The van der Waals surface area contributed by atoms with E-state index in [-0.39, 0.29) is 0 Å². The molecular formula is C17H12N4O3. The van der Waals surface area contributed by atoms with Gasteiger partial charge in [0.05, 0.1) is 18.1 Å². The average molecular weight is 320 g/mol. The first-order chi connectivity index (χ1) is 11.8. The van der Waals surface area contributed by atoms with E-state index in [9.17, 15) is 4.79 Å². The minimum absolute atomic E-state index is 0.309. The third kappa shape index (κ3) is 2.23. The van der Waals surface area contributed by atoms with Crippen LogP contribution in [-0.2, 0) is 0 Å². The van der Waals surface area contributed by atoms with Gasteiger partial charge in [-0.1, -0.05) is 12.1 Å². The molecule has 0 saturated carbocycles. The summed E-state index contributed by atoms with van der Waals surface area (Å²) in [7, 11) is 1.51. The van der Waals surface area contributed by atoms with E-state index < -0.39 is 0 Å². The number of benzene rings is 2. The molecule has 24 heavy (non-hydrogen) atoms. The van der Waals surface area contributed by atoms with Gasteiger partial charge in [-0.3, -0.25) is 9.20 Å². The summed E-state index contributed by atoms with van der Waals surface area (Å²) in [4.78, 5) is 15.4. The van der Waals surface area contributed by atoms with E-state index in [2.05, 4.69) is 15.2 Å². The van der Waals surface area contributed by atoms with Crippen LogP contribution in [0.5, 0.6) is 17.4 Å². The Morgan fingerprint density at radius 2 is 2.00 bits per heavy atom. The Balaban J connectivity index is 1.87. The molecule has 0 radical (unpaired) electrons. The third-order valence-corrected chi connectivity index (χ3v) is 3.63. The molecule has 0 amide bonds. The molecule has 4 aromatic rings. The van der Waals surface area contributed by atoms with Gasteiger partial charge in [-0.05, 0) is 30.3 Å². The number of ether oxygens (including phenoxy) is 2. The Bertz CT molecular complexity index is 1060. The number of hydrogen-bond acceptors (Lipinski definition) is 6. The van der Waals surface area contributed by atoms with Gasteiger partial charge in [-0.25, -0.2) is 4.98 Å². The van der Waals surface area contributed by atoms with E-state index >= 15 is 0 Å². The fraction of sp³-hybridized carbons (Fsp3) is 0.0588. The van der Waals surface area contributed by atoms with Crippen molar-refractivity contribution in [2.75, 3.05) is 7.11 Å². The fourth-order valence-electron chi connectivity index (χ4n) is 2.49. The van der Waals surface area contributed by atoms with Gasteiger partial charge in [0.2, 0.25) is 5.65 Å². The number of hydrogen-bond donors (Lipinski definition) is 0. The quantitative estimate of drug-likeness (QED) is 0.538. The maximum atomic E-state index is 10.9. The molecule has 0 spiro atoms. The van der Waals surface area contributed by atoms with Crippen molar-refractivity contribution in [1.82, 2.24) is 19.6 Å². The number of methoxy groups -OCH3 is 1. The summed E-state index contributed by atoms with van der Waals surface area (Å²) in [5.41, 5.74) is 2.63. The summed E-state index contributed by atoms with van der Waals surface area (Å²) in [5.74, 6) is 1.19. The molecule has 0 aliphatic heterocycles. The third-order valence-electron chi connectivity index (χ3n) is 3.63. The van der Waals surface area contributed by atoms with E-state index in [1.807, 2.05) is 28.7 Å². The topological polar surface area (TPSA) is 78.6 Å². The number of aldehydes is 1. The van der Waals surface area contributed by atoms with Gasteiger partial charge in [-0.2, -0.15) is 0 Å². The Kier molecular flexibility index (Phi) is 3.31. The van der Waals surface area contributed by atoms with Crippen LogP contribution in [0.2, 0.25) is 0 Å². The van der Waals surface area contributed by atoms with E-state index in [0.717, 1.165) is 17.3 Å². The number of nitrogens with zero attached hydrogens (tertiary/aromatic N) is 4. The highest BCUT2D eigenvalue weighted by molar-refractivity contribution is 5.80. The van der Waals surface area contributed by atoms with Crippen LogP contribution >= 0.6 is 0 Å². The second-order valence-corrected chi connectivity index (χ2v) is 5.06. The van der Waals surface area contributed by atoms with Crippen molar-refractivity contribution in [1.29, 1.82) is 0 Å². The normalized spacial score (nSPS) is 10.9. The van der Waals surface area contributed by atoms with E-state index in [1.165, 1.54) is 7.11 Å². The van der Waals surface area contributed by atoms with Gasteiger partial charge in [0.15, 0.2) is 11.5 Å². The van der Waals surface area contributed by atoms with E-state index in [4.69, 9.17) is 9.47 Å². The molecule has 0 unspecified atom stereocenters. The maximum Gasteiger partial charge on any atom is 0.266 e. The van der Waals surface area contributed by atoms with Gasteiger partial charge in [0.1, 0.15) is 12.6 Å². The molecule has 2 aromatic heterocycles. The second kappa shape index (κ2) is 5.62. The van der Waals surface area contributed by atoms with Crippen molar-refractivity contribution in [3.63, 3.8) is 0 Å². The van der Waals surface area contributed by atoms with Crippen LogP contribution in [0.3, 0.4) is 0 Å². The zero-order valence-electron chi connectivity index (χ0n) is 12.7. The number of aromatic nitrogens is 4. The number of carbonyl (C=O) groups is 1. The number of para-hydroxylation sites is 2. The lowest BCUT2D eigenvalue weighted by Crippen LogP contribution is -1.98. The Morgan fingerprint density at radius 1 is 1.12 bits per heavy atom. The molecule has 0 N–H and O–H groups in total. The standard InChI is InChI=1S/C17H12N4O3/c1-23-15-8-11(9-22)6-7-14(15)24-17-16-20-18-10-21(16)13-5-3-2-4-12(13)19-17/h2-10H,1H3. The molecule has 0 aliphatic carbocycles. The van der Waals surface area contributed by atoms with Crippen LogP contribution in [0.15, 0.2) is 48.8 Å². The zero-order chi connectivity index (χ0) is 16.5. The zero-order valence-corrected chi connectivity index (χ0v) is 12.7. The smallest absolute Gasteiger partial charge is 0.266 e. The van der Waals surface area contributed by atoms with Crippen LogP contribution < -0.4 is 9.47 Å². The van der Waals surface area contributed by atoms with Gasteiger partial charge in [-0.15, -0.1) is 10.2 Å². The lowest BCUT2D eigenvalue weighted by atomic mass is 10.2. The maximum absolute atomic E-state index is 10.9. The molecule has 0 aliphatic rings. The summed E-state index contributed by atoms with van der Waals surface area (Å²) in [6, 6.07) is 12.5. The highest BCUT2D eigenvalue weighted by Crippen LogP contribution is 2.33. The molecule has 0 bridgehead atoms. The van der Waals surface area contributed by atoms with Crippen LogP contribution in [0, 0.1) is 0 Å². The average Bonchev–Trinajstić information content (AvgIpc) is 3.12. The largest absolute Gasteiger partial charge is 0.493 e. The first-order valence-corrected chi connectivity index (χ1v) is 7.19. The summed E-state index contributed by atoms with van der Waals surface area (Å²) in [5, 5.41) is 8.02. The molecule has 4 rings (SSSR count). The lowest BCUT2D eigenvalue weighted by molar-refractivity contribution is 0.112.